The summed E-state index contributed by atoms with van der Waals surface area (Å²) in [6, 6.07) is 42.8. The highest BCUT2D eigenvalue weighted by molar-refractivity contribution is 7.17. The average molecular weight is 635 g/mol. The number of rotatable bonds is 10. The van der Waals surface area contributed by atoms with E-state index in [1.165, 1.54) is 29.8 Å². The second kappa shape index (κ2) is 15.5. The zero-order valence-electron chi connectivity index (χ0n) is 24.4. The first-order chi connectivity index (χ1) is 22.0. The summed E-state index contributed by atoms with van der Waals surface area (Å²) >= 11 is 2.69. The van der Waals surface area contributed by atoms with Crippen LogP contribution in [0.2, 0.25) is 0 Å². The molecule has 0 aliphatic carbocycles. The molecule has 0 saturated heterocycles. The van der Waals surface area contributed by atoms with E-state index >= 15 is 0 Å². The Bertz CT molecular complexity index is 1810. The number of carboxylic acids is 1. The van der Waals surface area contributed by atoms with Crippen LogP contribution in [0.15, 0.2) is 133 Å². The highest BCUT2D eigenvalue weighted by atomic mass is 32.1. The summed E-state index contributed by atoms with van der Waals surface area (Å²) in [6.45, 7) is 1.08. The number of thiophene rings is 2. The van der Waals surface area contributed by atoms with Crippen molar-refractivity contribution in [2.45, 2.75) is 13.2 Å². The molecule has 0 aliphatic heterocycles. The van der Waals surface area contributed by atoms with Crippen LogP contribution >= 0.6 is 22.7 Å². The van der Waals surface area contributed by atoms with Gasteiger partial charge in [0.15, 0.2) is 0 Å². The summed E-state index contributed by atoms with van der Waals surface area (Å²) in [5.74, 6) is 0.424. The standard InChI is InChI=1S/C19H16O3S.C18H14O3S/c1-21-19(20)18-12-11-17(23-18)15-7-9-16(10-8-15)22-13-14-5-3-2-4-6-14;19-18(20)17-11-10-16(22-17)14-6-8-15(9-7-14)21-12-13-4-2-1-3-5-13/h2-12H,13H2,1H3;1-11H,12H2,(H,19,20). The summed E-state index contributed by atoms with van der Waals surface area (Å²) in [5, 5.41) is 8.96. The Morgan fingerprint density at radius 3 is 1.38 bits per heavy atom. The number of benzene rings is 4. The van der Waals surface area contributed by atoms with E-state index in [0.29, 0.717) is 23.0 Å². The summed E-state index contributed by atoms with van der Waals surface area (Å²) in [4.78, 5) is 25.3. The maximum absolute atomic E-state index is 11.5. The lowest BCUT2D eigenvalue weighted by Gasteiger charge is -2.07. The molecule has 1 N–H and O–H groups in total. The number of esters is 1. The van der Waals surface area contributed by atoms with Crippen LogP contribution in [0, 0.1) is 0 Å². The van der Waals surface area contributed by atoms with Gasteiger partial charge in [-0.3, -0.25) is 0 Å². The van der Waals surface area contributed by atoms with Crippen molar-refractivity contribution in [2.75, 3.05) is 7.11 Å². The Morgan fingerprint density at radius 1 is 0.556 bits per heavy atom. The normalized spacial score (nSPS) is 10.3. The second-order valence-corrected chi connectivity index (χ2v) is 11.9. The van der Waals surface area contributed by atoms with Gasteiger partial charge in [-0.05, 0) is 95.1 Å². The topological polar surface area (TPSA) is 82.1 Å². The average Bonchev–Trinajstić information content (AvgIpc) is 3.80. The minimum absolute atomic E-state index is 0.302. The van der Waals surface area contributed by atoms with Crippen LogP contribution < -0.4 is 9.47 Å². The number of carboxylic acid groups (broad SMARTS) is 1. The zero-order chi connectivity index (χ0) is 31.4. The molecule has 6 nitrogen and oxygen atoms in total. The Balaban J connectivity index is 0.000000178. The number of hydrogen-bond acceptors (Lipinski definition) is 7. The van der Waals surface area contributed by atoms with Crippen LogP contribution in [0.3, 0.4) is 0 Å². The fraction of sp³-hybridized carbons (Fsp3) is 0.0811. The second-order valence-electron chi connectivity index (χ2n) is 9.72. The maximum Gasteiger partial charge on any atom is 0.348 e. The molecule has 45 heavy (non-hydrogen) atoms. The van der Waals surface area contributed by atoms with Crippen molar-refractivity contribution in [1.82, 2.24) is 0 Å². The summed E-state index contributed by atoms with van der Waals surface area (Å²) < 4.78 is 16.2. The monoisotopic (exact) mass is 634 g/mol. The predicted octanol–water partition coefficient (Wildman–Crippen LogP) is 9.47. The van der Waals surface area contributed by atoms with Crippen LogP contribution in [0.1, 0.15) is 30.5 Å². The zero-order valence-corrected chi connectivity index (χ0v) is 26.1. The van der Waals surface area contributed by atoms with E-state index in [0.717, 1.165) is 43.5 Å². The van der Waals surface area contributed by atoms with Crippen LogP contribution in [0.25, 0.3) is 20.9 Å². The summed E-state index contributed by atoms with van der Waals surface area (Å²) in [7, 11) is 1.39. The fourth-order valence-electron chi connectivity index (χ4n) is 4.22. The third-order valence-corrected chi connectivity index (χ3v) is 8.82. The number of carbonyl (C=O) groups excluding carboxylic acids is 1. The molecule has 6 aromatic rings. The number of ether oxygens (including phenoxy) is 3. The van der Waals surface area contributed by atoms with Gasteiger partial charge in [0, 0.05) is 9.75 Å². The molecule has 0 amide bonds. The maximum atomic E-state index is 11.5. The highest BCUT2D eigenvalue weighted by Gasteiger charge is 2.11. The molecule has 0 unspecified atom stereocenters. The lowest BCUT2D eigenvalue weighted by atomic mass is 10.2. The van der Waals surface area contributed by atoms with Crippen LogP contribution in [0.5, 0.6) is 11.5 Å². The first-order valence-electron chi connectivity index (χ1n) is 14.0. The van der Waals surface area contributed by atoms with Crippen LogP contribution in [-0.2, 0) is 18.0 Å². The van der Waals surface area contributed by atoms with Crippen LogP contribution in [0.4, 0.5) is 0 Å². The molecule has 0 fully saturated rings. The largest absolute Gasteiger partial charge is 0.489 e. The quantitative estimate of drug-likeness (QED) is 0.151. The molecule has 0 spiro atoms. The molecular weight excluding hydrogens is 605 g/mol. The Labute approximate surface area is 269 Å². The van der Waals surface area contributed by atoms with Crippen molar-refractivity contribution in [1.29, 1.82) is 0 Å². The van der Waals surface area contributed by atoms with E-state index < -0.39 is 5.97 Å². The molecule has 2 heterocycles. The van der Waals surface area contributed by atoms with E-state index in [1.54, 1.807) is 12.1 Å². The number of carbonyl (C=O) groups is 2. The molecule has 2 aromatic heterocycles. The van der Waals surface area contributed by atoms with Gasteiger partial charge in [0.05, 0.1) is 7.11 Å². The van der Waals surface area contributed by atoms with Crippen molar-refractivity contribution < 1.29 is 28.9 Å². The van der Waals surface area contributed by atoms with Gasteiger partial charge in [-0.1, -0.05) is 60.7 Å². The number of hydrogen-bond donors (Lipinski definition) is 1. The van der Waals surface area contributed by atoms with Crippen molar-refractivity contribution >= 4 is 34.6 Å². The van der Waals surface area contributed by atoms with Crippen LogP contribution in [-0.4, -0.2) is 24.2 Å². The number of methoxy groups -OCH3 is 1. The fourth-order valence-corrected chi connectivity index (χ4v) is 6.00. The summed E-state index contributed by atoms with van der Waals surface area (Å²) in [6.07, 6.45) is 0. The third-order valence-electron chi connectivity index (χ3n) is 6.58. The molecule has 226 valence electrons. The van der Waals surface area contributed by atoms with Crippen molar-refractivity contribution in [3.8, 4) is 32.4 Å². The Morgan fingerprint density at radius 2 is 0.978 bits per heavy atom. The van der Waals surface area contributed by atoms with E-state index in [-0.39, 0.29) is 5.97 Å². The van der Waals surface area contributed by atoms with Gasteiger partial charge in [-0.2, -0.15) is 0 Å². The first-order valence-corrected chi connectivity index (χ1v) is 15.7. The van der Waals surface area contributed by atoms with E-state index in [2.05, 4.69) is 0 Å². The molecule has 0 saturated carbocycles. The van der Waals surface area contributed by atoms with Gasteiger partial charge in [0.25, 0.3) is 0 Å². The molecule has 4 aromatic carbocycles. The van der Waals surface area contributed by atoms with Crippen molar-refractivity contribution in [3.05, 3.63) is 154 Å². The third kappa shape index (κ3) is 8.92. The lowest BCUT2D eigenvalue weighted by Crippen LogP contribution is -1.96. The first kappa shape index (κ1) is 31.3. The number of aromatic carboxylic acids is 1. The van der Waals surface area contributed by atoms with Gasteiger partial charge in [0.2, 0.25) is 0 Å². The van der Waals surface area contributed by atoms with Gasteiger partial charge in [0.1, 0.15) is 34.5 Å². The molecule has 0 aliphatic rings. The Kier molecular flexibility index (Phi) is 10.8. The molecule has 0 atom stereocenters. The molecule has 0 radical (unpaired) electrons. The smallest absolute Gasteiger partial charge is 0.348 e. The summed E-state index contributed by atoms with van der Waals surface area (Å²) in [5.41, 5.74) is 4.30. The lowest BCUT2D eigenvalue weighted by molar-refractivity contribution is 0.0605. The van der Waals surface area contributed by atoms with E-state index in [4.69, 9.17) is 19.3 Å². The predicted molar refractivity (Wildman–Crippen MR) is 179 cm³/mol. The van der Waals surface area contributed by atoms with Gasteiger partial charge in [-0.15, -0.1) is 22.7 Å². The molecular formula is C37H30O6S2. The SMILES string of the molecule is COC(=O)c1ccc(-c2ccc(OCc3ccccc3)cc2)s1.O=C(O)c1ccc(-c2ccc(OCc3ccccc3)cc2)s1. The minimum Gasteiger partial charge on any atom is -0.489 e. The van der Waals surface area contributed by atoms with E-state index in [1.807, 2.05) is 121 Å². The van der Waals surface area contributed by atoms with Crippen molar-refractivity contribution in [3.63, 3.8) is 0 Å². The molecule has 6 rings (SSSR count). The van der Waals surface area contributed by atoms with Gasteiger partial charge < -0.3 is 19.3 Å². The Hall–Kier alpha value is -5.18. The van der Waals surface area contributed by atoms with E-state index in [9.17, 15) is 9.59 Å². The molecule has 8 heteroatoms. The van der Waals surface area contributed by atoms with Gasteiger partial charge in [-0.25, -0.2) is 9.59 Å². The highest BCUT2D eigenvalue weighted by Crippen LogP contribution is 2.31. The minimum atomic E-state index is -0.890. The van der Waals surface area contributed by atoms with Gasteiger partial charge >= 0.3 is 11.9 Å². The van der Waals surface area contributed by atoms with Crippen molar-refractivity contribution in [2.24, 2.45) is 0 Å². The molecule has 0 bridgehead atoms.